The van der Waals surface area contributed by atoms with Crippen molar-refractivity contribution in [3.05, 3.63) is 179 Å². The number of ether oxygens (including phenoxy) is 5. The SMILES string of the molecule is O=C(O[C@H]1C(=O)N2[C@@H]([C@@H](OCc3ccccc3)[C@H](OCc3ccccc3)[C@H]2COCc2ccccc2)[C@@H]1OCc1ccccc1)c1ccccc1. The molecule has 2 fully saturated rings. The predicted octanol–water partition coefficient (Wildman–Crippen LogP) is 6.78. The van der Waals surface area contributed by atoms with E-state index in [2.05, 4.69) is 0 Å². The first-order chi connectivity index (χ1) is 25.2. The summed E-state index contributed by atoms with van der Waals surface area (Å²) in [7, 11) is 0. The predicted molar refractivity (Wildman–Crippen MR) is 191 cm³/mol. The zero-order valence-electron chi connectivity index (χ0n) is 28.2. The number of rotatable bonds is 15. The van der Waals surface area contributed by atoms with Crippen LogP contribution in [0, 0.1) is 0 Å². The fourth-order valence-electron chi connectivity index (χ4n) is 6.88. The molecule has 2 saturated heterocycles. The minimum absolute atomic E-state index is 0.173. The Morgan fingerprint density at radius 1 is 0.510 bits per heavy atom. The topological polar surface area (TPSA) is 83.5 Å². The lowest BCUT2D eigenvalue weighted by Gasteiger charge is -2.30. The molecule has 0 N–H and O–H groups in total. The monoisotopic (exact) mass is 683 g/mol. The second kappa shape index (κ2) is 16.7. The van der Waals surface area contributed by atoms with E-state index in [0.717, 1.165) is 22.3 Å². The van der Waals surface area contributed by atoms with Crippen molar-refractivity contribution in [3.63, 3.8) is 0 Å². The molecule has 0 saturated carbocycles. The number of nitrogens with zero attached hydrogens (tertiary/aromatic N) is 1. The van der Waals surface area contributed by atoms with Crippen LogP contribution in [0.1, 0.15) is 32.6 Å². The van der Waals surface area contributed by atoms with Crippen LogP contribution in [0.3, 0.4) is 0 Å². The summed E-state index contributed by atoms with van der Waals surface area (Å²) in [6.45, 7) is 1.33. The van der Waals surface area contributed by atoms with Crippen molar-refractivity contribution in [3.8, 4) is 0 Å². The summed E-state index contributed by atoms with van der Waals surface area (Å²) in [6.07, 6.45) is -3.27. The molecule has 8 nitrogen and oxygen atoms in total. The van der Waals surface area contributed by atoms with E-state index >= 15 is 0 Å². The number of fused-ring (bicyclic) bond motifs is 1. The second-order valence-corrected chi connectivity index (χ2v) is 12.8. The van der Waals surface area contributed by atoms with E-state index in [-0.39, 0.29) is 25.7 Å². The number of hydrogen-bond donors (Lipinski definition) is 0. The molecule has 1 amide bonds. The van der Waals surface area contributed by atoms with Crippen molar-refractivity contribution in [2.45, 2.75) is 62.9 Å². The lowest BCUT2D eigenvalue weighted by Crippen LogP contribution is -2.48. The molecule has 0 radical (unpaired) electrons. The molecule has 8 heteroatoms. The average molecular weight is 684 g/mol. The van der Waals surface area contributed by atoms with Gasteiger partial charge in [0.15, 0.2) is 0 Å². The smallest absolute Gasteiger partial charge is 0.339 e. The highest BCUT2D eigenvalue weighted by molar-refractivity contribution is 5.94. The first kappa shape index (κ1) is 34.3. The van der Waals surface area contributed by atoms with E-state index in [1.54, 1.807) is 29.2 Å². The Kier molecular flexibility index (Phi) is 11.3. The largest absolute Gasteiger partial charge is 0.446 e. The average Bonchev–Trinajstić information content (AvgIpc) is 3.63. The van der Waals surface area contributed by atoms with Crippen LogP contribution in [-0.4, -0.2) is 59.9 Å². The fraction of sp³-hybridized carbons (Fsp3) is 0.256. The van der Waals surface area contributed by atoms with Gasteiger partial charge < -0.3 is 28.6 Å². The molecule has 0 aromatic heterocycles. The van der Waals surface area contributed by atoms with Gasteiger partial charge in [-0.3, -0.25) is 4.79 Å². The maximum absolute atomic E-state index is 14.7. The van der Waals surface area contributed by atoms with Crippen molar-refractivity contribution in [1.29, 1.82) is 0 Å². The first-order valence-electron chi connectivity index (χ1n) is 17.3. The zero-order valence-corrected chi connectivity index (χ0v) is 28.2. The lowest BCUT2D eigenvalue weighted by molar-refractivity contribution is -0.144. The Morgan fingerprint density at radius 2 is 0.922 bits per heavy atom. The third kappa shape index (κ3) is 8.27. The molecular formula is C43H41NO7. The third-order valence-corrected chi connectivity index (χ3v) is 9.35. The number of amides is 1. The lowest BCUT2D eigenvalue weighted by atomic mass is 10.00. The molecule has 0 bridgehead atoms. The standard InChI is InChI=1S/C43H41NO7/c45-42-41(51-43(46)35-24-14-5-15-25-35)40(50-29-34-22-12-4-13-23-34)37-39(49-28-33-20-10-3-11-21-33)38(48-27-32-18-8-2-9-19-32)36(44(37)42)30-47-26-31-16-6-1-7-17-31/h1-25,36-41H,26-30H2/t36-,37+,38-,39-,40+,41-/m1/s1. The minimum atomic E-state index is -1.21. The number of benzene rings is 5. The molecule has 0 unspecified atom stereocenters. The quantitative estimate of drug-likeness (QED) is 0.113. The summed E-state index contributed by atoms with van der Waals surface area (Å²) in [4.78, 5) is 29.9. The number of esters is 1. The highest BCUT2D eigenvalue weighted by Gasteiger charge is 2.64. The molecule has 6 atom stereocenters. The van der Waals surface area contributed by atoms with Crippen LogP contribution in [0.15, 0.2) is 152 Å². The maximum Gasteiger partial charge on any atom is 0.339 e. The molecule has 0 aliphatic carbocycles. The van der Waals surface area contributed by atoms with Gasteiger partial charge in [-0.1, -0.05) is 140 Å². The van der Waals surface area contributed by atoms with E-state index < -0.39 is 42.5 Å². The van der Waals surface area contributed by atoms with Gasteiger partial charge in [0.1, 0.15) is 18.3 Å². The zero-order chi connectivity index (χ0) is 34.8. The summed E-state index contributed by atoms with van der Waals surface area (Å²) >= 11 is 0. The molecule has 260 valence electrons. The summed E-state index contributed by atoms with van der Waals surface area (Å²) in [5.41, 5.74) is 4.26. The van der Waals surface area contributed by atoms with Crippen molar-refractivity contribution in [2.75, 3.05) is 6.61 Å². The number of carbonyl (C=O) groups is 2. The van der Waals surface area contributed by atoms with Gasteiger partial charge in [0.2, 0.25) is 6.10 Å². The van der Waals surface area contributed by atoms with Gasteiger partial charge in [-0.05, 0) is 34.4 Å². The molecule has 51 heavy (non-hydrogen) atoms. The van der Waals surface area contributed by atoms with E-state index in [4.69, 9.17) is 23.7 Å². The van der Waals surface area contributed by atoms with E-state index in [9.17, 15) is 9.59 Å². The van der Waals surface area contributed by atoms with Crippen LogP contribution in [0.25, 0.3) is 0 Å². The Bertz CT molecular complexity index is 1830. The van der Waals surface area contributed by atoms with Crippen molar-refractivity contribution >= 4 is 11.9 Å². The van der Waals surface area contributed by atoms with Gasteiger partial charge in [-0.15, -0.1) is 0 Å². The van der Waals surface area contributed by atoms with Gasteiger partial charge in [-0.2, -0.15) is 0 Å². The molecule has 2 aliphatic rings. The molecule has 2 aliphatic heterocycles. The Labute approximate surface area is 298 Å². The fourth-order valence-corrected chi connectivity index (χ4v) is 6.88. The van der Waals surface area contributed by atoms with E-state index in [0.29, 0.717) is 18.8 Å². The van der Waals surface area contributed by atoms with Crippen LogP contribution >= 0.6 is 0 Å². The first-order valence-corrected chi connectivity index (χ1v) is 17.3. The summed E-state index contributed by atoms with van der Waals surface area (Å²) in [5.74, 6) is -0.964. The van der Waals surface area contributed by atoms with Gasteiger partial charge in [0.05, 0.1) is 50.7 Å². The summed E-state index contributed by atoms with van der Waals surface area (Å²) in [6, 6.07) is 46.9. The Hall–Kier alpha value is -5.12. The summed E-state index contributed by atoms with van der Waals surface area (Å²) in [5, 5.41) is 0. The van der Waals surface area contributed by atoms with Crippen molar-refractivity contribution in [1.82, 2.24) is 4.90 Å². The summed E-state index contributed by atoms with van der Waals surface area (Å²) < 4.78 is 32.5. The normalized spacial score (nSPS) is 22.5. The highest BCUT2D eigenvalue weighted by Crippen LogP contribution is 2.41. The second-order valence-electron chi connectivity index (χ2n) is 12.8. The van der Waals surface area contributed by atoms with Crippen molar-refractivity contribution in [2.24, 2.45) is 0 Å². The van der Waals surface area contributed by atoms with Gasteiger partial charge in [-0.25, -0.2) is 4.79 Å². The molecule has 5 aromatic carbocycles. The maximum atomic E-state index is 14.7. The number of carbonyl (C=O) groups excluding carboxylic acids is 2. The minimum Gasteiger partial charge on any atom is -0.446 e. The van der Waals surface area contributed by atoms with Crippen LogP contribution in [-0.2, 0) is 54.9 Å². The van der Waals surface area contributed by atoms with E-state index in [1.165, 1.54) is 0 Å². The van der Waals surface area contributed by atoms with Crippen LogP contribution in [0.2, 0.25) is 0 Å². The van der Waals surface area contributed by atoms with Gasteiger partial charge in [0, 0.05) is 0 Å². The molecular weight excluding hydrogens is 642 g/mol. The molecule has 7 rings (SSSR count). The van der Waals surface area contributed by atoms with E-state index in [1.807, 2.05) is 127 Å². The van der Waals surface area contributed by atoms with Crippen LogP contribution in [0.4, 0.5) is 0 Å². The Balaban J connectivity index is 1.24. The van der Waals surface area contributed by atoms with Gasteiger partial charge in [0.25, 0.3) is 5.91 Å². The van der Waals surface area contributed by atoms with Crippen LogP contribution in [0.5, 0.6) is 0 Å². The number of hydrogen-bond acceptors (Lipinski definition) is 7. The molecule has 0 spiro atoms. The van der Waals surface area contributed by atoms with Crippen molar-refractivity contribution < 1.29 is 33.3 Å². The van der Waals surface area contributed by atoms with Gasteiger partial charge >= 0.3 is 5.97 Å². The highest BCUT2D eigenvalue weighted by atomic mass is 16.6. The third-order valence-electron chi connectivity index (χ3n) is 9.35. The Morgan fingerprint density at radius 3 is 1.41 bits per heavy atom. The van der Waals surface area contributed by atoms with Crippen LogP contribution < -0.4 is 0 Å². The molecule has 5 aromatic rings. The molecule has 2 heterocycles.